The molecule has 4 rings (SSSR count). The molecule has 26 heavy (non-hydrogen) atoms. The normalized spacial score (nSPS) is 11.4. The highest BCUT2D eigenvalue weighted by Crippen LogP contribution is 2.24. The zero-order valence-corrected chi connectivity index (χ0v) is 15.1. The molecule has 0 atom stereocenters. The quantitative estimate of drug-likeness (QED) is 0.528. The minimum absolute atomic E-state index is 0.189. The van der Waals surface area contributed by atoms with Gasteiger partial charge in [0.1, 0.15) is 5.69 Å². The molecule has 4 heterocycles. The van der Waals surface area contributed by atoms with E-state index in [1.54, 1.807) is 18.8 Å². The zero-order chi connectivity index (χ0) is 18.1. The van der Waals surface area contributed by atoms with E-state index < -0.39 is 0 Å². The molecule has 0 aliphatic carbocycles. The maximum absolute atomic E-state index is 6.09. The summed E-state index contributed by atoms with van der Waals surface area (Å²) in [6.45, 7) is 4.68. The van der Waals surface area contributed by atoms with Gasteiger partial charge in [-0.2, -0.15) is 9.97 Å². The predicted octanol–water partition coefficient (Wildman–Crippen LogP) is 4.33. The highest BCUT2D eigenvalue weighted by Gasteiger charge is 2.14. The lowest BCUT2D eigenvalue weighted by Gasteiger charge is -2.09. The Morgan fingerprint density at radius 1 is 1.19 bits per heavy atom. The van der Waals surface area contributed by atoms with Crippen LogP contribution in [0.3, 0.4) is 0 Å². The van der Waals surface area contributed by atoms with Crippen molar-refractivity contribution in [3.8, 4) is 11.5 Å². The van der Waals surface area contributed by atoms with Crippen molar-refractivity contribution in [1.29, 1.82) is 0 Å². The van der Waals surface area contributed by atoms with Crippen LogP contribution in [-0.2, 0) is 6.54 Å². The molecule has 0 aliphatic heterocycles. The topological polar surface area (TPSA) is 81.7 Å². The highest BCUT2D eigenvalue weighted by molar-refractivity contribution is 6.28. The van der Waals surface area contributed by atoms with Crippen LogP contribution in [-0.4, -0.2) is 24.5 Å². The molecule has 0 aliphatic rings. The van der Waals surface area contributed by atoms with Crippen molar-refractivity contribution in [2.24, 2.45) is 0 Å². The molecule has 0 radical (unpaired) electrons. The molecule has 0 spiro atoms. The van der Waals surface area contributed by atoms with Crippen LogP contribution in [0.2, 0.25) is 5.28 Å². The van der Waals surface area contributed by atoms with Gasteiger partial charge in [-0.25, -0.2) is 4.98 Å². The minimum atomic E-state index is 0.189. The molecule has 132 valence electrons. The fourth-order valence-electron chi connectivity index (χ4n) is 2.68. The number of nitrogens with zero attached hydrogens (tertiary/aromatic N) is 5. The van der Waals surface area contributed by atoms with Gasteiger partial charge in [0, 0.05) is 18.8 Å². The van der Waals surface area contributed by atoms with E-state index in [-0.39, 0.29) is 11.3 Å². The van der Waals surface area contributed by atoms with Crippen LogP contribution in [0.5, 0.6) is 0 Å². The number of hydrogen-bond donors (Lipinski definition) is 1. The Hall–Kier alpha value is -2.93. The van der Waals surface area contributed by atoms with Gasteiger partial charge < -0.3 is 14.3 Å². The summed E-state index contributed by atoms with van der Waals surface area (Å²) < 4.78 is 7.32. The summed E-state index contributed by atoms with van der Waals surface area (Å²) in [6, 6.07) is 7.87. The van der Waals surface area contributed by atoms with Crippen molar-refractivity contribution >= 4 is 28.6 Å². The molecule has 0 bridgehead atoms. The molecule has 7 nitrogen and oxygen atoms in total. The van der Waals surface area contributed by atoms with Crippen molar-refractivity contribution in [2.75, 3.05) is 5.32 Å². The van der Waals surface area contributed by atoms with Gasteiger partial charge in [0.15, 0.2) is 22.7 Å². The van der Waals surface area contributed by atoms with Crippen molar-refractivity contribution in [3.63, 3.8) is 0 Å². The predicted molar refractivity (Wildman–Crippen MR) is 100.0 cm³/mol. The van der Waals surface area contributed by atoms with Crippen LogP contribution in [0.4, 0.5) is 5.82 Å². The van der Waals surface area contributed by atoms with E-state index in [1.807, 2.05) is 28.8 Å². The average molecular weight is 369 g/mol. The number of pyridine rings is 1. The van der Waals surface area contributed by atoms with Crippen molar-refractivity contribution in [3.05, 3.63) is 53.9 Å². The van der Waals surface area contributed by atoms with Crippen LogP contribution in [0.25, 0.3) is 22.6 Å². The number of anilines is 1. The summed E-state index contributed by atoms with van der Waals surface area (Å²) in [5, 5.41) is 3.47. The third-order valence-corrected chi connectivity index (χ3v) is 4.18. The van der Waals surface area contributed by atoms with Gasteiger partial charge in [-0.05, 0) is 49.2 Å². The second-order valence-electron chi connectivity index (χ2n) is 6.14. The van der Waals surface area contributed by atoms with Crippen LogP contribution < -0.4 is 5.32 Å². The number of rotatable bonds is 5. The Morgan fingerprint density at radius 3 is 2.77 bits per heavy atom. The van der Waals surface area contributed by atoms with Crippen LogP contribution in [0, 0.1) is 0 Å². The summed E-state index contributed by atoms with van der Waals surface area (Å²) >= 11 is 6.09. The summed E-state index contributed by atoms with van der Waals surface area (Å²) in [5.41, 5.74) is 3.21. The molecule has 4 aromatic heterocycles. The van der Waals surface area contributed by atoms with E-state index in [1.165, 1.54) is 0 Å². The first-order valence-corrected chi connectivity index (χ1v) is 8.62. The molecule has 8 heteroatoms. The van der Waals surface area contributed by atoms with Crippen LogP contribution >= 0.6 is 11.6 Å². The standard InChI is InChI=1S/C18H17ClN6O/c1-11(2)25-10-22-15-16(23-18(19)24-17(15)25)21-9-12-5-6-13(20-8-12)14-4-3-7-26-14/h3-8,10-11H,9H2,1-2H3,(H,21,23,24). The Morgan fingerprint density at radius 2 is 2.08 bits per heavy atom. The lowest BCUT2D eigenvalue weighted by atomic mass is 10.2. The number of furan rings is 1. The van der Waals surface area contributed by atoms with E-state index in [0.717, 1.165) is 17.0 Å². The van der Waals surface area contributed by atoms with Crippen LogP contribution in [0.15, 0.2) is 47.5 Å². The Labute approximate surface area is 155 Å². The van der Waals surface area contributed by atoms with Crippen molar-refractivity contribution in [1.82, 2.24) is 24.5 Å². The molecule has 1 N–H and O–H groups in total. The third-order valence-electron chi connectivity index (χ3n) is 4.01. The zero-order valence-electron chi connectivity index (χ0n) is 14.3. The summed E-state index contributed by atoms with van der Waals surface area (Å²) in [4.78, 5) is 17.4. The van der Waals surface area contributed by atoms with E-state index >= 15 is 0 Å². The molecule has 4 aromatic rings. The SMILES string of the molecule is CC(C)n1cnc2c(NCc3ccc(-c4ccco4)nc3)nc(Cl)nc21. The summed E-state index contributed by atoms with van der Waals surface area (Å²) in [5.74, 6) is 1.35. The second kappa shape index (κ2) is 6.76. The van der Waals surface area contributed by atoms with Gasteiger partial charge in [0.05, 0.1) is 12.6 Å². The first kappa shape index (κ1) is 16.5. The molecule has 0 saturated heterocycles. The van der Waals surface area contributed by atoms with E-state index in [4.69, 9.17) is 16.0 Å². The van der Waals surface area contributed by atoms with E-state index in [0.29, 0.717) is 23.5 Å². The highest BCUT2D eigenvalue weighted by atomic mass is 35.5. The molecule has 0 fully saturated rings. The van der Waals surface area contributed by atoms with Gasteiger partial charge in [-0.1, -0.05) is 6.07 Å². The largest absolute Gasteiger partial charge is 0.463 e. The number of hydrogen-bond acceptors (Lipinski definition) is 6. The number of imidazole rings is 1. The number of halogens is 1. The molecule has 0 unspecified atom stereocenters. The first-order valence-electron chi connectivity index (χ1n) is 8.24. The Bertz CT molecular complexity index is 1020. The number of nitrogens with one attached hydrogen (secondary N) is 1. The fourth-order valence-corrected chi connectivity index (χ4v) is 2.84. The molecule has 0 saturated carbocycles. The smallest absolute Gasteiger partial charge is 0.226 e. The Balaban J connectivity index is 1.56. The van der Waals surface area contributed by atoms with E-state index in [9.17, 15) is 0 Å². The monoisotopic (exact) mass is 368 g/mol. The first-order chi connectivity index (χ1) is 12.6. The van der Waals surface area contributed by atoms with Gasteiger partial charge in [-0.3, -0.25) is 4.98 Å². The maximum atomic E-state index is 6.09. The summed E-state index contributed by atoms with van der Waals surface area (Å²) in [6.07, 6.45) is 5.19. The minimum Gasteiger partial charge on any atom is -0.463 e. The Kier molecular flexibility index (Phi) is 4.30. The van der Waals surface area contributed by atoms with E-state index in [2.05, 4.69) is 39.1 Å². The second-order valence-corrected chi connectivity index (χ2v) is 6.48. The van der Waals surface area contributed by atoms with Crippen LogP contribution in [0.1, 0.15) is 25.5 Å². The average Bonchev–Trinajstić information content (AvgIpc) is 3.29. The molecule has 0 amide bonds. The lowest BCUT2D eigenvalue weighted by molar-refractivity contribution is 0.580. The van der Waals surface area contributed by atoms with Gasteiger partial charge >= 0.3 is 0 Å². The fraction of sp³-hybridized carbons (Fsp3) is 0.222. The number of fused-ring (bicyclic) bond motifs is 1. The van der Waals surface area contributed by atoms with Gasteiger partial charge in [0.25, 0.3) is 0 Å². The van der Waals surface area contributed by atoms with Crippen molar-refractivity contribution < 1.29 is 4.42 Å². The summed E-state index contributed by atoms with van der Waals surface area (Å²) in [7, 11) is 0. The number of aromatic nitrogens is 5. The van der Waals surface area contributed by atoms with Gasteiger partial charge in [-0.15, -0.1) is 0 Å². The maximum Gasteiger partial charge on any atom is 0.226 e. The molecular weight excluding hydrogens is 352 g/mol. The lowest BCUT2D eigenvalue weighted by Crippen LogP contribution is -2.05. The molecular formula is C18H17ClN6O. The third kappa shape index (κ3) is 3.13. The molecule has 0 aromatic carbocycles. The van der Waals surface area contributed by atoms with Crippen molar-refractivity contribution in [2.45, 2.75) is 26.4 Å². The van der Waals surface area contributed by atoms with Gasteiger partial charge in [0.2, 0.25) is 5.28 Å².